The maximum atomic E-state index is 12.6. The van der Waals surface area contributed by atoms with E-state index in [9.17, 15) is 4.79 Å². The molecule has 2 N–H and O–H groups in total. The number of aryl methyl sites for hydroxylation is 2. The van der Waals surface area contributed by atoms with Gasteiger partial charge in [-0.2, -0.15) is 0 Å². The number of hydrogen-bond donors (Lipinski definition) is 2. The first kappa shape index (κ1) is 19.5. The van der Waals surface area contributed by atoms with E-state index in [1.165, 1.54) is 21.8 Å². The van der Waals surface area contributed by atoms with Crippen molar-refractivity contribution in [2.45, 2.75) is 31.7 Å². The van der Waals surface area contributed by atoms with Gasteiger partial charge in [-0.1, -0.05) is 48.6 Å². The van der Waals surface area contributed by atoms with Crippen molar-refractivity contribution in [1.29, 1.82) is 0 Å². The van der Waals surface area contributed by atoms with Crippen LogP contribution >= 0.6 is 23.1 Å². The molecule has 0 fully saturated rings. The van der Waals surface area contributed by atoms with Gasteiger partial charge in [-0.05, 0) is 48.9 Å². The number of benzene rings is 2. The van der Waals surface area contributed by atoms with Crippen LogP contribution in [0.4, 0.5) is 10.8 Å². The lowest BCUT2D eigenvalue weighted by atomic mass is 10.1. The Morgan fingerprint density at radius 3 is 2.59 bits per heavy atom. The summed E-state index contributed by atoms with van der Waals surface area (Å²) in [5, 5.41) is 7.08. The lowest BCUT2D eigenvalue weighted by Gasteiger charge is -2.07. The SMILES string of the molecule is CCc1ccccc1Nc1nc(C)c(C(=O)NCc2ccc(SC)cc2)s1. The predicted octanol–water partition coefficient (Wildman–Crippen LogP) is 5.41. The van der Waals surface area contributed by atoms with E-state index in [2.05, 4.69) is 40.7 Å². The second-order valence-electron chi connectivity index (χ2n) is 6.10. The maximum Gasteiger partial charge on any atom is 0.263 e. The number of rotatable bonds is 7. The van der Waals surface area contributed by atoms with Crippen LogP contribution in [0.5, 0.6) is 0 Å². The second kappa shape index (κ2) is 9.06. The molecule has 0 unspecified atom stereocenters. The Morgan fingerprint density at radius 2 is 1.89 bits per heavy atom. The molecular weight excluding hydrogens is 374 g/mol. The number of carbonyl (C=O) groups excluding carboxylic acids is 1. The van der Waals surface area contributed by atoms with Crippen molar-refractivity contribution >= 4 is 39.8 Å². The topological polar surface area (TPSA) is 54.0 Å². The number of hydrogen-bond acceptors (Lipinski definition) is 5. The van der Waals surface area contributed by atoms with Gasteiger partial charge in [-0.25, -0.2) is 4.98 Å². The van der Waals surface area contributed by atoms with Crippen molar-refractivity contribution in [2.75, 3.05) is 11.6 Å². The minimum atomic E-state index is -0.0873. The Kier molecular flexibility index (Phi) is 6.53. The molecule has 0 bridgehead atoms. The molecule has 1 aromatic heterocycles. The number of aromatic nitrogens is 1. The smallest absolute Gasteiger partial charge is 0.263 e. The van der Waals surface area contributed by atoms with Crippen molar-refractivity contribution in [2.24, 2.45) is 0 Å². The van der Waals surface area contributed by atoms with Crippen LogP contribution < -0.4 is 10.6 Å². The highest BCUT2D eigenvalue weighted by molar-refractivity contribution is 7.98. The highest BCUT2D eigenvalue weighted by atomic mass is 32.2. The molecule has 0 saturated heterocycles. The molecule has 0 aliphatic carbocycles. The standard InChI is InChI=1S/C21H23N3OS2/c1-4-16-7-5-6-8-18(16)24-21-23-14(2)19(27-21)20(25)22-13-15-9-11-17(26-3)12-10-15/h5-12H,4,13H2,1-3H3,(H,22,25)(H,23,24). The van der Waals surface area contributed by atoms with Crippen LogP contribution in [0.1, 0.15) is 33.4 Å². The molecule has 0 atom stereocenters. The quantitative estimate of drug-likeness (QED) is 0.524. The summed E-state index contributed by atoms with van der Waals surface area (Å²) in [6.45, 7) is 4.50. The van der Waals surface area contributed by atoms with Crippen LogP contribution in [-0.2, 0) is 13.0 Å². The summed E-state index contributed by atoms with van der Waals surface area (Å²) in [5.74, 6) is -0.0873. The van der Waals surface area contributed by atoms with Crippen LogP contribution in [0.3, 0.4) is 0 Å². The molecule has 2 aromatic carbocycles. The van der Waals surface area contributed by atoms with E-state index < -0.39 is 0 Å². The summed E-state index contributed by atoms with van der Waals surface area (Å²) in [7, 11) is 0. The van der Waals surface area contributed by atoms with Gasteiger partial charge >= 0.3 is 0 Å². The molecule has 0 radical (unpaired) electrons. The molecule has 1 heterocycles. The van der Waals surface area contributed by atoms with Crippen molar-refractivity contribution in [3.63, 3.8) is 0 Å². The normalized spacial score (nSPS) is 10.6. The van der Waals surface area contributed by atoms with Crippen LogP contribution in [-0.4, -0.2) is 17.1 Å². The van der Waals surface area contributed by atoms with E-state index in [4.69, 9.17) is 0 Å². The fraction of sp³-hybridized carbons (Fsp3) is 0.238. The number of nitrogens with one attached hydrogen (secondary N) is 2. The van der Waals surface area contributed by atoms with Gasteiger partial charge in [0.05, 0.1) is 5.69 Å². The summed E-state index contributed by atoms with van der Waals surface area (Å²) >= 11 is 3.09. The Morgan fingerprint density at radius 1 is 1.15 bits per heavy atom. The molecule has 3 aromatic rings. The third-order valence-electron chi connectivity index (χ3n) is 4.25. The lowest BCUT2D eigenvalue weighted by molar-refractivity contribution is 0.0954. The van der Waals surface area contributed by atoms with Crippen LogP contribution in [0, 0.1) is 6.92 Å². The van der Waals surface area contributed by atoms with Crippen LogP contribution in [0.15, 0.2) is 53.4 Å². The molecule has 0 aliphatic heterocycles. The van der Waals surface area contributed by atoms with Crippen LogP contribution in [0.25, 0.3) is 0 Å². The zero-order valence-corrected chi connectivity index (χ0v) is 17.3. The first-order chi connectivity index (χ1) is 13.1. The number of nitrogens with zero attached hydrogens (tertiary/aromatic N) is 1. The van der Waals surface area contributed by atoms with Crippen molar-refractivity contribution in [1.82, 2.24) is 10.3 Å². The third-order valence-corrected chi connectivity index (χ3v) is 6.07. The summed E-state index contributed by atoms with van der Waals surface area (Å²) in [6, 6.07) is 16.4. The van der Waals surface area contributed by atoms with Gasteiger partial charge in [0.2, 0.25) is 0 Å². The minimum absolute atomic E-state index is 0.0873. The van der Waals surface area contributed by atoms with E-state index in [-0.39, 0.29) is 5.91 Å². The molecule has 3 rings (SSSR count). The lowest BCUT2D eigenvalue weighted by Crippen LogP contribution is -2.22. The Balaban J connectivity index is 1.67. The largest absolute Gasteiger partial charge is 0.347 e. The average molecular weight is 398 g/mol. The average Bonchev–Trinajstić information content (AvgIpc) is 3.07. The number of carbonyl (C=O) groups is 1. The fourth-order valence-corrected chi connectivity index (χ4v) is 4.04. The predicted molar refractivity (Wildman–Crippen MR) is 115 cm³/mol. The molecule has 6 heteroatoms. The van der Waals surface area contributed by atoms with E-state index in [1.54, 1.807) is 11.8 Å². The first-order valence-electron chi connectivity index (χ1n) is 8.84. The number of anilines is 2. The Labute approximate surface area is 168 Å². The van der Waals surface area contributed by atoms with Crippen molar-refractivity contribution in [3.8, 4) is 0 Å². The van der Waals surface area contributed by atoms with Crippen molar-refractivity contribution < 1.29 is 4.79 Å². The summed E-state index contributed by atoms with van der Waals surface area (Å²) in [5.41, 5.74) is 4.09. The highest BCUT2D eigenvalue weighted by Crippen LogP contribution is 2.27. The van der Waals surface area contributed by atoms with Gasteiger partial charge in [-0.15, -0.1) is 11.8 Å². The van der Waals surface area contributed by atoms with Crippen LogP contribution in [0.2, 0.25) is 0 Å². The Hall–Kier alpha value is -2.31. The first-order valence-corrected chi connectivity index (χ1v) is 10.9. The highest BCUT2D eigenvalue weighted by Gasteiger charge is 2.15. The van der Waals surface area contributed by atoms with Gasteiger partial charge in [0.1, 0.15) is 4.88 Å². The number of amides is 1. The zero-order valence-electron chi connectivity index (χ0n) is 15.7. The van der Waals surface area contributed by atoms with E-state index in [0.717, 1.165) is 28.5 Å². The zero-order chi connectivity index (χ0) is 19.2. The molecule has 0 aliphatic rings. The summed E-state index contributed by atoms with van der Waals surface area (Å²) in [6.07, 6.45) is 2.99. The molecular formula is C21H23N3OS2. The van der Waals surface area contributed by atoms with Gasteiger partial charge in [0.25, 0.3) is 5.91 Å². The fourth-order valence-electron chi connectivity index (χ4n) is 2.73. The summed E-state index contributed by atoms with van der Waals surface area (Å²) in [4.78, 5) is 19.0. The number of para-hydroxylation sites is 1. The molecule has 1 amide bonds. The molecule has 27 heavy (non-hydrogen) atoms. The molecule has 0 saturated carbocycles. The molecule has 140 valence electrons. The molecule has 4 nitrogen and oxygen atoms in total. The van der Waals surface area contributed by atoms with Gasteiger partial charge in [0, 0.05) is 17.1 Å². The monoisotopic (exact) mass is 397 g/mol. The van der Waals surface area contributed by atoms with E-state index >= 15 is 0 Å². The van der Waals surface area contributed by atoms with E-state index in [1.807, 2.05) is 43.5 Å². The van der Waals surface area contributed by atoms with Gasteiger partial charge in [0.15, 0.2) is 5.13 Å². The van der Waals surface area contributed by atoms with Gasteiger partial charge < -0.3 is 10.6 Å². The summed E-state index contributed by atoms with van der Waals surface area (Å²) < 4.78 is 0. The maximum absolute atomic E-state index is 12.6. The minimum Gasteiger partial charge on any atom is -0.347 e. The number of thiazole rings is 1. The van der Waals surface area contributed by atoms with Gasteiger partial charge in [-0.3, -0.25) is 4.79 Å². The Bertz CT molecular complexity index is 919. The molecule has 0 spiro atoms. The third kappa shape index (κ3) is 4.90. The van der Waals surface area contributed by atoms with Crippen molar-refractivity contribution in [3.05, 3.63) is 70.2 Å². The number of thioether (sulfide) groups is 1. The second-order valence-corrected chi connectivity index (χ2v) is 7.98. The van der Waals surface area contributed by atoms with E-state index in [0.29, 0.717) is 11.4 Å².